The van der Waals surface area contributed by atoms with E-state index in [1.807, 2.05) is 18.2 Å². The Morgan fingerprint density at radius 3 is 2.67 bits per heavy atom. The molecular formula is C21H27N3O3. The number of benzene rings is 1. The number of hydrogen-bond acceptors (Lipinski definition) is 6. The molecule has 0 N–H and O–H groups in total. The highest BCUT2D eigenvalue weighted by Crippen LogP contribution is 2.22. The van der Waals surface area contributed by atoms with Crippen LogP contribution in [0.15, 0.2) is 36.8 Å². The lowest BCUT2D eigenvalue weighted by molar-refractivity contribution is -0.149. The average Bonchev–Trinajstić information content (AvgIpc) is 2.71. The predicted octanol–water partition coefficient (Wildman–Crippen LogP) is 3.32. The molecule has 1 aliphatic rings. The molecule has 0 aliphatic carbocycles. The van der Waals surface area contributed by atoms with E-state index in [2.05, 4.69) is 34.8 Å². The minimum absolute atomic E-state index is 0.0243. The zero-order valence-corrected chi connectivity index (χ0v) is 16.1. The summed E-state index contributed by atoms with van der Waals surface area (Å²) in [6.07, 6.45) is 5.57. The molecule has 0 unspecified atom stereocenters. The van der Waals surface area contributed by atoms with Crippen molar-refractivity contribution in [2.45, 2.75) is 33.1 Å². The largest absolute Gasteiger partial charge is 0.493 e. The fourth-order valence-corrected chi connectivity index (χ4v) is 3.16. The molecule has 2 heterocycles. The highest BCUT2D eigenvalue weighted by molar-refractivity contribution is 5.72. The van der Waals surface area contributed by atoms with Gasteiger partial charge in [0.15, 0.2) is 0 Å². The van der Waals surface area contributed by atoms with Gasteiger partial charge in [-0.15, -0.1) is 0 Å². The fourth-order valence-electron chi connectivity index (χ4n) is 3.16. The number of piperidine rings is 1. The molecule has 0 radical (unpaired) electrons. The van der Waals surface area contributed by atoms with Crippen molar-refractivity contribution >= 4 is 11.8 Å². The van der Waals surface area contributed by atoms with Gasteiger partial charge in [-0.25, -0.2) is 9.97 Å². The summed E-state index contributed by atoms with van der Waals surface area (Å²) in [5, 5.41) is 0. The molecule has 1 aliphatic heterocycles. The molecule has 0 bridgehead atoms. The van der Waals surface area contributed by atoms with Gasteiger partial charge in [0.25, 0.3) is 0 Å². The molecule has 0 spiro atoms. The fraction of sp³-hybridized carbons (Fsp3) is 0.476. The van der Waals surface area contributed by atoms with Crippen molar-refractivity contribution in [3.05, 3.63) is 47.9 Å². The Bertz CT molecular complexity index is 744. The van der Waals surface area contributed by atoms with Crippen molar-refractivity contribution in [1.82, 2.24) is 9.97 Å². The summed E-state index contributed by atoms with van der Waals surface area (Å²) in [7, 11) is 0. The maximum atomic E-state index is 12.2. The Labute approximate surface area is 160 Å². The first-order valence-corrected chi connectivity index (χ1v) is 9.51. The summed E-state index contributed by atoms with van der Waals surface area (Å²) in [5.41, 5.74) is 2.47. The van der Waals surface area contributed by atoms with Crippen LogP contribution < -0.4 is 9.64 Å². The number of carbonyl (C=O) groups excluding carboxylic acids is 1. The zero-order chi connectivity index (χ0) is 19.1. The molecule has 6 nitrogen and oxygen atoms in total. The number of aryl methyl sites for hydroxylation is 2. The highest BCUT2D eigenvalue weighted by Gasteiger charge is 2.26. The number of ether oxygens (including phenoxy) is 2. The molecule has 2 aromatic rings. The third-order valence-corrected chi connectivity index (χ3v) is 5.00. The number of rotatable bonds is 7. The van der Waals surface area contributed by atoms with Crippen LogP contribution in [-0.2, 0) is 9.53 Å². The lowest BCUT2D eigenvalue weighted by Gasteiger charge is -2.31. The molecular weight excluding hydrogens is 342 g/mol. The monoisotopic (exact) mass is 369 g/mol. The molecule has 1 aromatic heterocycles. The molecule has 0 saturated carbocycles. The second-order valence-corrected chi connectivity index (χ2v) is 6.94. The smallest absolute Gasteiger partial charge is 0.309 e. The number of esters is 1. The van der Waals surface area contributed by atoms with Gasteiger partial charge < -0.3 is 14.4 Å². The zero-order valence-electron chi connectivity index (χ0n) is 16.1. The maximum Gasteiger partial charge on any atom is 0.309 e. The van der Waals surface area contributed by atoms with E-state index in [0.29, 0.717) is 19.6 Å². The number of carbonyl (C=O) groups is 1. The third kappa shape index (κ3) is 5.42. The predicted molar refractivity (Wildman–Crippen MR) is 104 cm³/mol. The molecule has 27 heavy (non-hydrogen) atoms. The summed E-state index contributed by atoms with van der Waals surface area (Å²) in [5.74, 6) is 1.66. The maximum absolute atomic E-state index is 12.2. The lowest BCUT2D eigenvalue weighted by Crippen LogP contribution is -2.37. The standard InChI is InChI=1S/C21H27N3O3/c1-16-4-5-19(14-17(16)2)26-12-3-13-27-21(25)18-7-10-24(11-8-18)20-6-9-22-15-23-20/h4-6,9,14-15,18H,3,7-8,10-13H2,1-2H3. The van der Waals surface area contributed by atoms with Gasteiger partial charge in [-0.05, 0) is 56.0 Å². The summed E-state index contributed by atoms with van der Waals surface area (Å²) in [6, 6.07) is 7.96. The van der Waals surface area contributed by atoms with E-state index in [9.17, 15) is 4.79 Å². The Balaban J connectivity index is 1.32. The normalized spacial score (nSPS) is 14.8. The average molecular weight is 369 g/mol. The van der Waals surface area contributed by atoms with Crippen molar-refractivity contribution in [3.63, 3.8) is 0 Å². The van der Waals surface area contributed by atoms with E-state index >= 15 is 0 Å². The molecule has 0 amide bonds. The number of hydrogen-bond donors (Lipinski definition) is 0. The van der Waals surface area contributed by atoms with Gasteiger partial charge in [-0.3, -0.25) is 4.79 Å². The van der Waals surface area contributed by atoms with Crippen molar-refractivity contribution in [2.24, 2.45) is 5.92 Å². The minimum Gasteiger partial charge on any atom is -0.493 e. The molecule has 3 rings (SSSR count). The van der Waals surface area contributed by atoms with Crippen molar-refractivity contribution in [2.75, 3.05) is 31.2 Å². The van der Waals surface area contributed by atoms with E-state index in [-0.39, 0.29) is 11.9 Å². The van der Waals surface area contributed by atoms with E-state index in [1.54, 1.807) is 12.5 Å². The molecule has 144 valence electrons. The third-order valence-electron chi connectivity index (χ3n) is 5.00. The van der Waals surface area contributed by atoms with Crippen molar-refractivity contribution < 1.29 is 14.3 Å². The number of nitrogens with zero attached hydrogens (tertiary/aromatic N) is 3. The van der Waals surface area contributed by atoms with Crippen molar-refractivity contribution in [1.29, 1.82) is 0 Å². The Morgan fingerprint density at radius 2 is 1.96 bits per heavy atom. The summed E-state index contributed by atoms with van der Waals surface area (Å²) in [4.78, 5) is 22.6. The molecule has 0 atom stereocenters. The van der Waals surface area contributed by atoms with Gasteiger partial charge in [0, 0.05) is 25.7 Å². The van der Waals surface area contributed by atoms with E-state index in [4.69, 9.17) is 9.47 Å². The minimum atomic E-state index is -0.0940. The molecule has 1 aromatic carbocycles. The van der Waals surface area contributed by atoms with Gasteiger partial charge in [0.2, 0.25) is 0 Å². The molecule has 1 saturated heterocycles. The van der Waals surface area contributed by atoms with Gasteiger partial charge in [0.05, 0.1) is 19.1 Å². The van der Waals surface area contributed by atoms with Crippen LogP contribution in [0.1, 0.15) is 30.4 Å². The molecule has 1 fully saturated rings. The Hall–Kier alpha value is -2.63. The van der Waals surface area contributed by atoms with Crippen LogP contribution in [0.4, 0.5) is 5.82 Å². The van der Waals surface area contributed by atoms with Gasteiger partial charge >= 0.3 is 5.97 Å². The lowest BCUT2D eigenvalue weighted by atomic mass is 9.97. The SMILES string of the molecule is Cc1ccc(OCCCOC(=O)C2CCN(c3ccncn3)CC2)cc1C. The second-order valence-electron chi connectivity index (χ2n) is 6.94. The van der Waals surface area contributed by atoms with Crippen LogP contribution in [0.5, 0.6) is 5.75 Å². The van der Waals surface area contributed by atoms with Gasteiger partial charge in [-0.1, -0.05) is 6.07 Å². The first-order chi connectivity index (χ1) is 13.1. The van der Waals surface area contributed by atoms with Crippen molar-refractivity contribution in [3.8, 4) is 5.75 Å². The number of anilines is 1. The van der Waals surface area contributed by atoms with Gasteiger partial charge in [0.1, 0.15) is 17.9 Å². The van der Waals surface area contributed by atoms with Crippen LogP contribution in [-0.4, -0.2) is 42.2 Å². The van der Waals surface area contributed by atoms with Crippen LogP contribution in [0, 0.1) is 19.8 Å². The van der Waals surface area contributed by atoms with Gasteiger partial charge in [-0.2, -0.15) is 0 Å². The molecule has 6 heteroatoms. The highest BCUT2D eigenvalue weighted by atomic mass is 16.5. The second kappa shape index (κ2) is 9.35. The van der Waals surface area contributed by atoms with Crippen LogP contribution >= 0.6 is 0 Å². The summed E-state index contributed by atoms with van der Waals surface area (Å²) < 4.78 is 11.2. The number of aromatic nitrogens is 2. The summed E-state index contributed by atoms with van der Waals surface area (Å²) in [6.45, 7) is 6.72. The van der Waals surface area contributed by atoms with E-state index in [0.717, 1.165) is 37.5 Å². The first kappa shape index (κ1) is 19.1. The quantitative estimate of drug-likeness (QED) is 0.551. The summed E-state index contributed by atoms with van der Waals surface area (Å²) >= 11 is 0. The van der Waals surface area contributed by atoms with Crippen LogP contribution in [0.3, 0.4) is 0 Å². The van der Waals surface area contributed by atoms with Crippen LogP contribution in [0.25, 0.3) is 0 Å². The Kier molecular flexibility index (Phi) is 6.63. The van der Waals surface area contributed by atoms with E-state index in [1.165, 1.54) is 11.1 Å². The van der Waals surface area contributed by atoms with Crippen LogP contribution in [0.2, 0.25) is 0 Å². The first-order valence-electron chi connectivity index (χ1n) is 9.51. The Morgan fingerprint density at radius 1 is 1.15 bits per heavy atom. The van der Waals surface area contributed by atoms with E-state index < -0.39 is 0 Å². The topological polar surface area (TPSA) is 64.6 Å².